The lowest BCUT2D eigenvalue weighted by atomic mass is 10.1. The second-order valence-corrected chi connectivity index (χ2v) is 6.05. The molecule has 0 unspecified atom stereocenters. The van der Waals surface area contributed by atoms with E-state index < -0.39 is 0 Å². The number of amides is 1. The van der Waals surface area contributed by atoms with Crippen LogP contribution in [0.25, 0.3) is 0 Å². The van der Waals surface area contributed by atoms with Crippen LogP contribution in [0.3, 0.4) is 0 Å². The summed E-state index contributed by atoms with van der Waals surface area (Å²) in [6.07, 6.45) is 2.07. The van der Waals surface area contributed by atoms with E-state index in [9.17, 15) is 4.79 Å². The Labute approximate surface area is 148 Å². The van der Waals surface area contributed by atoms with Crippen LogP contribution in [-0.2, 0) is 6.54 Å². The summed E-state index contributed by atoms with van der Waals surface area (Å²) >= 11 is 0. The van der Waals surface area contributed by atoms with Gasteiger partial charge in [-0.2, -0.15) is 0 Å². The van der Waals surface area contributed by atoms with E-state index in [1.54, 1.807) is 33.5 Å². The summed E-state index contributed by atoms with van der Waals surface area (Å²) in [7, 11) is 4.77. The van der Waals surface area contributed by atoms with E-state index in [4.69, 9.17) is 14.2 Å². The first-order valence-electron chi connectivity index (χ1n) is 8.32. The van der Waals surface area contributed by atoms with Crippen LogP contribution in [0.15, 0.2) is 42.5 Å². The number of hydrogen-bond acceptors (Lipinski definition) is 4. The van der Waals surface area contributed by atoms with E-state index in [-0.39, 0.29) is 11.9 Å². The van der Waals surface area contributed by atoms with Crippen LogP contribution < -0.4 is 14.2 Å². The fourth-order valence-electron chi connectivity index (χ4n) is 2.89. The maximum Gasteiger partial charge on any atom is 0.258 e. The fraction of sp³-hybridized carbons (Fsp3) is 0.350. The van der Waals surface area contributed by atoms with Crippen molar-refractivity contribution in [2.24, 2.45) is 0 Å². The molecule has 1 aliphatic rings. The van der Waals surface area contributed by atoms with Crippen molar-refractivity contribution in [3.8, 4) is 17.2 Å². The van der Waals surface area contributed by atoms with E-state index in [0.29, 0.717) is 23.6 Å². The van der Waals surface area contributed by atoms with Crippen molar-refractivity contribution in [2.45, 2.75) is 25.4 Å². The molecule has 25 heavy (non-hydrogen) atoms. The molecule has 0 aromatic heterocycles. The molecule has 0 bridgehead atoms. The van der Waals surface area contributed by atoms with E-state index in [1.165, 1.54) is 0 Å². The molecular weight excluding hydrogens is 318 g/mol. The number of methoxy groups -OCH3 is 3. The number of hydrogen-bond donors (Lipinski definition) is 0. The van der Waals surface area contributed by atoms with Gasteiger partial charge in [0.1, 0.15) is 5.75 Å². The van der Waals surface area contributed by atoms with Gasteiger partial charge < -0.3 is 19.1 Å². The van der Waals surface area contributed by atoms with Crippen molar-refractivity contribution in [3.05, 3.63) is 53.6 Å². The molecule has 0 spiro atoms. The van der Waals surface area contributed by atoms with Gasteiger partial charge in [-0.15, -0.1) is 0 Å². The summed E-state index contributed by atoms with van der Waals surface area (Å²) in [5.41, 5.74) is 1.60. The summed E-state index contributed by atoms with van der Waals surface area (Å²) in [5, 5.41) is 0. The normalized spacial score (nSPS) is 13.2. The average Bonchev–Trinajstić information content (AvgIpc) is 3.50. The van der Waals surface area contributed by atoms with Crippen molar-refractivity contribution in [3.63, 3.8) is 0 Å². The largest absolute Gasteiger partial charge is 0.497 e. The van der Waals surface area contributed by atoms with Gasteiger partial charge in [-0.25, -0.2) is 0 Å². The van der Waals surface area contributed by atoms with Crippen LogP contribution in [0.5, 0.6) is 17.2 Å². The number of rotatable bonds is 7. The van der Waals surface area contributed by atoms with E-state index >= 15 is 0 Å². The maximum absolute atomic E-state index is 13.2. The zero-order valence-electron chi connectivity index (χ0n) is 14.8. The molecule has 0 saturated heterocycles. The zero-order chi connectivity index (χ0) is 17.8. The molecule has 0 aliphatic heterocycles. The van der Waals surface area contributed by atoms with Crippen molar-refractivity contribution in [2.75, 3.05) is 21.3 Å². The van der Waals surface area contributed by atoms with Crippen molar-refractivity contribution < 1.29 is 19.0 Å². The number of benzene rings is 2. The Morgan fingerprint density at radius 1 is 1.00 bits per heavy atom. The smallest absolute Gasteiger partial charge is 0.258 e. The molecule has 2 aromatic rings. The van der Waals surface area contributed by atoms with Gasteiger partial charge in [-0.05, 0) is 42.7 Å². The summed E-state index contributed by atoms with van der Waals surface area (Å²) < 4.78 is 15.9. The molecule has 1 saturated carbocycles. The predicted octanol–water partition coefficient (Wildman–Crippen LogP) is 3.52. The van der Waals surface area contributed by atoms with Gasteiger partial charge in [0, 0.05) is 12.6 Å². The van der Waals surface area contributed by atoms with Crippen LogP contribution in [0, 0.1) is 0 Å². The Balaban J connectivity index is 1.86. The Kier molecular flexibility index (Phi) is 5.12. The van der Waals surface area contributed by atoms with E-state index in [0.717, 1.165) is 24.2 Å². The molecule has 3 rings (SSSR count). The minimum Gasteiger partial charge on any atom is -0.497 e. The quantitative estimate of drug-likeness (QED) is 0.773. The highest BCUT2D eigenvalue weighted by molar-refractivity contribution is 5.98. The van der Waals surface area contributed by atoms with Gasteiger partial charge in [-0.1, -0.05) is 18.2 Å². The van der Waals surface area contributed by atoms with Crippen molar-refractivity contribution in [1.82, 2.24) is 4.90 Å². The molecule has 1 aliphatic carbocycles. The first-order chi connectivity index (χ1) is 12.2. The maximum atomic E-state index is 13.2. The van der Waals surface area contributed by atoms with Crippen LogP contribution in [-0.4, -0.2) is 38.2 Å². The lowest BCUT2D eigenvalue weighted by Crippen LogP contribution is -2.32. The Bertz CT molecular complexity index is 738. The molecule has 0 atom stereocenters. The second-order valence-electron chi connectivity index (χ2n) is 6.05. The molecular formula is C20H23NO4. The molecule has 0 radical (unpaired) electrons. The average molecular weight is 341 g/mol. The topological polar surface area (TPSA) is 48.0 Å². The molecule has 1 amide bonds. The number of carbonyl (C=O) groups is 1. The van der Waals surface area contributed by atoms with Crippen LogP contribution in [0.4, 0.5) is 0 Å². The standard InChI is InChI=1S/C20H23NO4/c1-23-16-11-7-14(8-12-16)13-21(15-9-10-15)20(22)17-5-4-6-18(24-2)19(17)25-3/h4-8,11-12,15H,9-10,13H2,1-3H3. The van der Waals surface area contributed by atoms with Crippen LogP contribution >= 0.6 is 0 Å². The van der Waals surface area contributed by atoms with Gasteiger partial charge >= 0.3 is 0 Å². The number of nitrogens with zero attached hydrogens (tertiary/aromatic N) is 1. The SMILES string of the molecule is COc1ccc(CN(C(=O)c2cccc(OC)c2OC)C2CC2)cc1. The fourth-order valence-corrected chi connectivity index (χ4v) is 2.89. The lowest BCUT2D eigenvalue weighted by molar-refractivity contribution is 0.0726. The second kappa shape index (κ2) is 7.47. The minimum absolute atomic E-state index is 0.0333. The summed E-state index contributed by atoms with van der Waals surface area (Å²) in [5.74, 6) is 1.82. The Morgan fingerprint density at radius 3 is 2.28 bits per heavy atom. The molecule has 5 heteroatoms. The van der Waals surface area contributed by atoms with E-state index in [1.807, 2.05) is 35.2 Å². The highest BCUT2D eigenvalue weighted by atomic mass is 16.5. The Morgan fingerprint density at radius 2 is 1.72 bits per heavy atom. The summed E-state index contributed by atoms with van der Waals surface area (Å²) in [4.78, 5) is 15.1. The molecule has 0 N–H and O–H groups in total. The van der Waals surface area contributed by atoms with Gasteiger partial charge in [0.2, 0.25) is 0 Å². The summed E-state index contributed by atoms with van der Waals surface area (Å²) in [6.45, 7) is 0.563. The van der Waals surface area contributed by atoms with Crippen LogP contribution in [0.1, 0.15) is 28.8 Å². The third-order valence-electron chi connectivity index (χ3n) is 4.39. The molecule has 0 heterocycles. The first-order valence-corrected chi connectivity index (χ1v) is 8.32. The van der Waals surface area contributed by atoms with Gasteiger partial charge in [0.25, 0.3) is 5.91 Å². The van der Waals surface area contributed by atoms with Crippen molar-refractivity contribution >= 4 is 5.91 Å². The monoisotopic (exact) mass is 341 g/mol. The van der Waals surface area contributed by atoms with E-state index in [2.05, 4.69) is 0 Å². The molecule has 5 nitrogen and oxygen atoms in total. The number of carbonyl (C=O) groups excluding carboxylic acids is 1. The highest BCUT2D eigenvalue weighted by Gasteiger charge is 2.34. The Hall–Kier alpha value is -2.69. The van der Waals surface area contributed by atoms with Crippen molar-refractivity contribution in [1.29, 1.82) is 0 Å². The van der Waals surface area contributed by atoms with Gasteiger partial charge in [0.05, 0.1) is 26.9 Å². The number of para-hydroxylation sites is 1. The van der Waals surface area contributed by atoms with Gasteiger partial charge in [0.15, 0.2) is 11.5 Å². The predicted molar refractivity (Wildman–Crippen MR) is 95.4 cm³/mol. The third kappa shape index (κ3) is 3.71. The molecule has 1 fully saturated rings. The van der Waals surface area contributed by atoms with Gasteiger partial charge in [-0.3, -0.25) is 4.79 Å². The lowest BCUT2D eigenvalue weighted by Gasteiger charge is -2.24. The first kappa shape index (κ1) is 17.1. The molecule has 132 valence electrons. The summed E-state index contributed by atoms with van der Waals surface area (Å²) in [6, 6.07) is 13.5. The highest BCUT2D eigenvalue weighted by Crippen LogP contribution is 2.35. The van der Waals surface area contributed by atoms with Crippen LogP contribution in [0.2, 0.25) is 0 Å². The number of ether oxygens (including phenoxy) is 3. The molecule has 2 aromatic carbocycles. The zero-order valence-corrected chi connectivity index (χ0v) is 14.8. The third-order valence-corrected chi connectivity index (χ3v) is 4.39. The minimum atomic E-state index is -0.0333.